The number of nitrogens with zero attached hydrogens (tertiary/aromatic N) is 4. The number of anilines is 1. The number of benzene rings is 1. The van der Waals surface area contributed by atoms with Gasteiger partial charge in [0, 0.05) is 46.6 Å². The predicted octanol–water partition coefficient (Wildman–Crippen LogP) is 4.79. The quantitative estimate of drug-likeness (QED) is 0.312. The zero-order chi connectivity index (χ0) is 29.5. The second-order valence-corrected chi connectivity index (χ2v) is 11.3. The molecule has 1 aliphatic carbocycles. The van der Waals surface area contributed by atoms with Gasteiger partial charge in [0.05, 0.1) is 18.6 Å². The summed E-state index contributed by atoms with van der Waals surface area (Å²) in [7, 11) is 1.54. The Labute approximate surface area is 237 Å². The SMILES string of the molecule is COc1ccc([C@@H]2C(C(=O)Nc3cc(C)ccn3)=C(C)NC3=C2C(=O)CC(C)(C)C3)cc1Cn1cc([N+](=O)[O-])cn1. The molecule has 0 spiro atoms. The van der Waals surface area contributed by atoms with E-state index in [4.69, 9.17) is 4.74 Å². The first-order valence-corrected chi connectivity index (χ1v) is 13.3. The van der Waals surface area contributed by atoms with E-state index in [2.05, 4.69) is 34.6 Å². The molecule has 41 heavy (non-hydrogen) atoms. The molecule has 2 aliphatic rings. The number of aryl methyl sites for hydroxylation is 1. The van der Waals surface area contributed by atoms with Gasteiger partial charge in [-0.2, -0.15) is 5.10 Å². The van der Waals surface area contributed by atoms with Crippen LogP contribution in [0, 0.1) is 22.5 Å². The second kappa shape index (κ2) is 10.6. The second-order valence-electron chi connectivity index (χ2n) is 11.3. The average Bonchev–Trinajstić information content (AvgIpc) is 3.36. The molecule has 1 amide bonds. The van der Waals surface area contributed by atoms with Crippen LogP contribution in [-0.2, 0) is 16.1 Å². The van der Waals surface area contributed by atoms with Crippen LogP contribution in [0.2, 0.25) is 0 Å². The van der Waals surface area contributed by atoms with Gasteiger partial charge < -0.3 is 15.4 Å². The van der Waals surface area contributed by atoms with Crippen molar-refractivity contribution < 1.29 is 19.2 Å². The number of aromatic nitrogens is 3. The van der Waals surface area contributed by atoms with E-state index in [1.165, 1.54) is 17.1 Å². The first-order chi connectivity index (χ1) is 19.5. The number of amides is 1. The van der Waals surface area contributed by atoms with Crippen molar-refractivity contribution in [1.29, 1.82) is 0 Å². The van der Waals surface area contributed by atoms with E-state index in [9.17, 15) is 19.7 Å². The summed E-state index contributed by atoms with van der Waals surface area (Å²) in [4.78, 5) is 42.5. The molecule has 1 aromatic carbocycles. The number of pyridine rings is 1. The number of ether oxygens (including phenoxy) is 1. The molecule has 2 aromatic heterocycles. The van der Waals surface area contributed by atoms with E-state index in [1.807, 2.05) is 32.0 Å². The molecule has 212 valence electrons. The van der Waals surface area contributed by atoms with Crippen LogP contribution in [-0.4, -0.2) is 38.5 Å². The summed E-state index contributed by atoms with van der Waals surface area (Å²) in [5.74, 6) is -0.0404. The van der Waals surface area contributed by atoms with Gasteiger partial charge >= 0.3 is 5.69 Å². The summed E-state index contributed by atoms with van der Waals surface area (Å²) in [6.45, 7) is 8.07. The molecular formula is C30H32N6O5. The lowest BCUT2D eigenvalue weighted by atomic mass is 9.68. The largest absolute Gasteiger partial charge is 0.496 e. The number of carbonyl (C=O) groups is 2. The van der Waals surface area contributed by atoms with Crippen LogP contribution in [0.5, 0.6) is 5.75 Å². The number of nitro groups is 1. The van der Waals surface area contributed by atoms with Gasteiger partial charge in [0.2, 0.25) is 0 Å². The zero-order valence-corrected chi connectivity index (χ0v) is 23.6. The number of allylic oxidation sites excluding steroid dienone is 3. The Hall–Kier alpha value is -4.80. The van der Waals surface area contributed by atoms with Crippen molar-refractivity contribution >= 4 is 23.2 Å². The van der Waals surface area contributed by atoms with Gasteiger partial charge in [-0.25, -0.2) is 4.98 Å². The molecule has 2 N–H and O–H groups in total. The minimum absolute atomic E-state index is 0.0136. The lowest BCUT2D eigenvalue weighted by Gasteiger charge is -2.39. The van der Waals surface area contributed by atoms with E-state index < -0.39 is 10.8 Å². The third kappa shape index (κ3) is 5.60. The fraction of sp³-hybridized carbons (Fsp3) is 0.333. The molecule has 11 nitrogen and oxygen atoms in total. The summed E-state index contributed by atoms with van der Waals surface area (Å²) < 4.78 is 7.05. The van der Waals surface area contributed by atoms with Gasteiger partial charge in [0.15, 0.2) is 5.78 Å². The van der Waals surface area contributed by atoms with E-state index in [0.29, 0.717) is 46.8 Å². The van der Waals surface area contributed by atoms with Crippen LogP contribution in [0.3, 0.4) is 0 Å². The monoisotopic (exact) mass is 556 g/mol. The molecule has 0 unspecified atom stereocenters. The molecule has 3 aromatic rings. The standard InChI is InChI=1S/C30H32N6O5/c1-17-8-9-31-25(10-17)34-29(38)26-18(2)33-22-12-30(3,4)13-23(37)28(22)27(26)19-6-7-24(41-5)20(11-19)15-35-16-21(14-32-35)36(39)40/h6-11,14,16,27,33H,12-13,15H2,1-5H3,(H,31,34,38)/t27-/m1/s1. The average molecular weight is 557 g/mol. The minimum atomic E-state index is -0.642. The van der Waals surface area contributed by atoms with Crippen molar-refractivity contribution in [3.63, 3.8) is 0 Å². The first kappa shape index (κ1) is 27.8. The highest BCUT2D eigenvalue weighted by Gasteiger charge is 2.43. The lowest BCUT2D eigenvalue weighted by Crippen LogP contribution is -2.39. The number of dihydropyridines is 1. The van der Waals surface area contributed by atoms with Crippen LogP contribution < -0.4 is 15.4 Å². The van der Waals surface area contributed by atoms with Crippen LogP contribution in [0.1, 0.15) is 56.2 Å². The molecule has 11 heteroatoms. The van der Waals surface area contributed by atoms with Crippen molar-refractivity contribution in [2.24, 2.45) is 5.41 Å². The molecular weight excluding hydrogens is 524 g/mol. The fourth-order valence-corrected chi connectivity index (χ4v) is 5.67. The Morgan fingerprint density at radius 3 is 2.71 bits per heavy atom. The predicted molar refractivity (Wildman–Crippen MR) is 152 cm³/mol. The molecule has 0 bridgehead atoms. The maximum atomic E-state index is 13.9. The van der Waals surface area contributed by atoms with Crippen molar-refractivity contribution in [2.75, 3.05) is 12.4 Å². The first-order valence-electron chi connectivity index (χ1n) is 13.3. The van der Waals surface area contributed by atoms with Crippen molar-refractivity contribution in [3.05, 3.63) is 98.3 Å². The van der Waals surface area contributed by atoms with Gasteiger partial charge in [0.25, 0.3) is 5.91 Å². The molecule has 1 aliphatic heterocycles. The van der Waals surface area contributed by atoms with Gasteiger partial charge in [-0.05, 0) is 61.1 Å². The molecule has 0 saturated carbocycles. The molecule has 0 radical (unpaired) electrons. The Balaban J connectivity index is 1.61. The van der Waals surface area contributed by atoms with Gasteiger partial charge in [-0.1, -0.05) is 19.9 Å². The molecule has 1 atom stereocenters. The Morgan fingerprint density at radius 1 is 1.24 bits per heavy atom. The number of carbonyl (C=O) groups excluding carboxylic acids is 2. The number of ketones is 1. The maximum absolute atomic E-state index is 13.9. The Bertz CT molecular complexity index is 1630. The van der Waals surface area contributed by atoms with Gasteiger partial charge in [0.1, 0.15) is 24.0 Å². The summed E-state index contributed by atoms with van der Waals surface area (Å²) in [5, 5.41) is 21.6. The highest BCUT2D eigenvalue weighted by atomic mass is 16.6. The number of methoxy groups -OCH3 is 1. The number of rotatable bonds is 7. The van der Waals surface area contributed by atoms with Gasteiger partial charge in [-0.3, -0.25) is 24.4 Å². The fourth-order valence-electron chi connectivity index (χ4n) is 5.67. The molecule has 3 heterocycles. The zero-order valence-electron chi connectivity index (χ0n) is 23.6. The van der Waals surface area contributed by atoms with E-state index in [-0.39, 0.29) is 29.3 Å². The van der Waals surface area contributed by atoms with Crippen LogP contribution in [0.4, 0.5) is 11.5 Å². The van der Waals surface area contributed by atoms with Crippen molar-refractivity contribution in [1.82, 2.24) is 20.1 Å². The van der Waals surface area contributed by atoms with Crippen molar-refractivity contribution in [3.8, 4) is 5.75 Å². The summed E-state index contributed by atoms with van der Waals surface area (Å²) >= 11 is 0. The highest BCUT2D eigenvalue weighted by Crippen LogP contribution is 2.47. The number of hydrogen-bond acceptors (Lipinski definition) is 8. The topological polar surface area (TPSA) is 141 Å². The summed E-state index contributed by atoms with van der Waals surface area (Å²) in [6.07, 6.45) is 5.19. The smallest absolute Gasteiger partial charge is 0.307 e. The number of nitrogens with one attached hydrogen (secondary N) is 2. The summed E-state index contributed by atoms with van der Waals surface area (Å²) in [5.41, 5.74) is 4.51. The van der Waals surface area contributed by atoms with E-state index in [0.717, 1.165) is 16.8 Å². The molecule has 5 rings (SSSR count). The molecule has 0 fully saturated rings. The highest BCUT2D eigenvalue weighted by molar-refractivity contribution is 6.09. The Kier molecular flexibility index (Phi) is 7.20. The van der Waals surface area contributed by atoms with Gasteiger partial charge in [-0.15, -0.1) is 0 Å². The third-order valence-electron chi connectivity index (χ3n) is 7.44. The number of hydrogen-bond donors (Lipinski definition) is 2. The third-order valence-corrected chi connectivity index (χ3v) is 7.44. The normalized spacial score (nSPS) is 18.1. The number of Topliss-reactive ketones (excluding diaryl/α,β-unsaturated/α-hetero) is 1. The van der Waals surface area contributed by atoms with Crippen LogP contribution in [0.15, 0.2) is 71.5 Å². The van der Waals surface area contributed by atoms with Crippen LogP contribution >= 0.6 is 0 Å². The van der Waals surface area contributed by atoms with E-state index >= 15 is 0 Å². The molecule has 0 saturated heterocycles. The minimum Gasteiger partial charge on any atom is -0.496 e. The Morgan fingerprint density at radius 2 is 2.02 bits per heavy atom. The maximum Gasteiger partial charge on any atom is 0.307 e. The lowest BCUT2D eigenvalue weighted by molar-refractivity contribution is -0.385. The van der Waals surface area contributed by atoms with E-state index in [1.54, 1.807) is 25.4 Å². The van der Waals surface area contributed by atoms with Crippen LogP contribution in [0.25, 0.3) is 0 Å². The summed E-state index contributed by atoms with van der Waals surface area (Å²) in [6, 6.07) is 9.15. The van der Waals surface area contributed by atoms with Crippen molar-refractivity contribution in [2.45, 2.75) is 53.0 Å².